The van der Waals surface area contributed by atoms with Gasteiger partial charge in [0.05, 0.1) is 6.10 Å². The second kappa shape index (κ2) is 12.2. The van der Waals surface area contributed by atoms with Crippen molar-refractivity contribution in [1.82, 2.24) is 0 Å². The zero-order chi connectivity index (χ0) is 11.4. The summed E-state index contributed by atoms with van der Waals surface area (Å²) in [6.45, 7) is 5.95. The predicted octanol–water partition coefficient (Wildman–Crippen LogP) is 2.11. The van der Waals surface area contributed by atoms with Crippen LogP contribution in [-0.4, -0.2) is 24.5 Å². The van der Waals surface area contributed by atoms with Gasteiger partial charge in [0.1, 0.15) is 0 Å². The fourth-order valence-corrected chi connectivity index (χ4v) is 0.761. The number of rotatable bonds is 4. The molecular formula is C11H24N2O. The Hall–Kier alpha value is -0.830. The van der Waals surface area contributed by atoms with E-state index in [1.165, 1.54) is 0 Å². The van der Waals surface area contributed by atoms with Crippen molar-refractivity contribution < 1.29 is 5.11 Å². The number of aliphatic hydroxyl groups excluding tert-OH is 1. The van der Waals surface area contributed by atoms with Crippen molar-refractivity contribution in [3.8, 4) is 0 Å². The summed E-state index contributed by atoms with van der Waals surface area (Å²) >= 11 is 0. The van der Waals surface area contributed by atoms with Gasteiger partial charge in [-0.15, -0.1) is 0 Å². The minimum atomic E-state index is -0.0509. The Labute approximate surface area is 87.7 Å². The molecule has 0 rings (SSSR count). The molecule has 14 heavy (non-hydrogen) atoms. The summed E-state index contributed by atoms with van der Waals surface area (Å²) in [5.74, 6) is 0. The zero-order valence-corrected chi connectivity index (χ0v) is 9.83. The Balaban J connectivity index is 0. The van der Waals surface area contributed by atoms with Gasteiger partial charge in [-0.25, -0.2) is 0 Å². The fraction of sp³-hybridized carbons (Fsp3) is 0.727. The minimum Gasteiger partial charge on any atom is -0.398 e. The number of aliphatic hydroxyl groups is 1. The zero-order valence-electron chi connectivity index (χ0n) is 9.83. The highest BCUT2D eigenvalue weighted by Crippen LogP contribution is 1.98. The molecule has 3 nitrogen and oxygen atoms in total. The van der Waals surface area contributed by atoms with E-state index >= 15 is 0 Å². The van der Waals surface area contributed by atoms with Crippen LogP contribution in [0.5, 0.6) is 0 Å². The van der Waals surface area contributed by atoms with E-state index in [0.29, 0.717) is 5.70 Å². The molecular weight excluding hydrogens is 176 g/mol. The van der Waals surface area contributed by atoms with Gasteiger partial charge in [0.2, 0.25) is 0 Å². The smallest absolute Gasteiger partial charge is 0.0537 e. The van der Waals surface area contributed by atoms with Gasteiger partial charge in [0, 0.05) is 19.0 Å². The van der Waals surface area contributed by atoms with E-state index in [1.54, 1.807) is 19.3 Å². The Morgan fingerprint density at radius 1 is 1.50 bits per heavy atom. The predicted molar refractivity (Wildman–Crippen MR) is 63.6 cm³/mol. The van der Waals surface area contributed by atoms with Gasteiger partial charge in [-0.05, 0) is 19.8 Å². The Morgan fingerprint density at radius 2 is 2.07 bits per heavy atom. The van der Waals surface area contributed by atoms with Crippen molar-refractivity contribution >= 4 is 6.21 Å². The summed E-state index contributed by atoms with van der Waals surface area (Å²) in [6.07, 6.45) is 6.30. The first-order chi connectivity index (χ1) is 6.62. The fourth-order valence-electron chi connectivity index (χ4n) is 0.761. The molecule has 0 bridgehead atoms. The third-order valence-electron chi connectivity index (χ3n) is 1.70. The lowest BCUT2D eigenvalue weighted by molar-refractivity contribution is 0.159. The number of allylic oxidation sites excluding steroid dienone is 2. The average Bonchev–Trinajstić information content (AvgIpc) is 2.19. The normalized spacial score (nSPS) is 13.6. The Morgan fingerprint density at radius 3 is 2.21 bits per heavy atom. The molecule has 0 saturated carbocycles. The van der Waals surface area contributed by atoms with E-state index in [-0.39, 0.29) is 6.10 Å². The molecule has 3 N–H and O–H groups in total. The van der Waals surface area contributed by atoms with E-state index in [4.69, 9.17) is 10.8 Å². The molecule has 0 aliphatic rings. The van der Waals surface area contributed by atoms with Crippen LogP contribution in [-0.2, 0) is 0 Å². The van der Waals surface area contributed by atoms with E-state index < -0.39 is 0 Å². The highest BCUT2D eigenvalue weighted by atomic mass is 16.3. The summed E-state index contributed by atoms with van der Waals surface area (Å²) in [5, 5.41) is 8.86. The van der Waals surface area contributed by atoms with E-state index in [2.05, 4.69) is 11.9 Å². The van der Waals surface area contributed by atoms with Crippen LogP contribution < -0.4 is 5.73 Å². The van der Waals surface area contributed by atoms with Gasteiger partial charge >= 0.3 is 0 Å². The maximum atomic E-state index is 8.86. The summed E-state index contributed by atoms with van der Waals surface area (Å²) < 4.78 is 0. The monoisotopic (exact) mass is 200 g/mol. The lowest BCUT2D eigenvalue weighted by Crippen LogP contribution is -2.01. The number of nitrogens with two attached hydrogens (primary N) is 1. The van der Waals surface area contributed by atoms with Gasteiger partial charge < -0.3 is 10.8 Å². The van der Waals surface area contributed by atoms with Gasteiger partial charge in [0.25, 0.3) is 0 Å². The van der Waals surface area contributed by atoms with Crippen molar-refractivity contribution in [1.29, 1.82) is 0 Å². The van der Waals surface area contributed by atoms with Crippen molar-refractivity contribution in [3.63, 3.8) is 0 Å². The van der Waals surface area contributed by atoms with Crippen LogP contribution in [0.1, 0.15) is 40.0 Å². The molecule has 0 saturated heterocycles. The van der Waals surface area contributed by atoms with E-state index in [1.807, 2.05) is 13.8 Å². The molecule has 3 heteroatoms. The van der Waals surface area contributed by atoms with E-state index in [9.17, 15) is 0 Å². The van der Waals surface area contributed by atoms with E-state index in [0.717, 1.165) is 19.3 Å². The molecule has 0 radical (unpaired) electrons. The molecule has 0 amide bonds. The topological polar surface area (TPSA) is 58.6 Å². The van der Waals surface area contributed by atoms with Gasteiger partial charge in [-0.3, -0.25) is 4.99 Å². The Kier molecular flexibility index (Phi) is 13.6. The highest BCUT2D eigenvalue weighted by Gasteiger charge is 1.94. The van der Waals surface area contributed by atoms with Crippen LogP contribution in [0.3, 0.4) is 0 Å². The van der Waals surface area contributed by atoms with Gasteiger partial charge in [0.15, 0.2) is 0 Å². The van der Waals surface area contributed by atoms with Crippen LogP contribution in [0.4, 0.5) is 0 Å². The standard InChI is InChI=1S/C6H14O.C5H10N2/c1-3-5-6(7)4-2;1-3-5(6)4-7-2/h6-7H,3-5H2,1-2H3;3-4H,6H2,1-2H3/b;5-3+,7-4?. The lowest BCUT2D eigenvalue weighted by atomic mass is 10.2. The van der Waals surface area contributed by atoms with Crippen LogP contribution in [0.25, 0.3) is 0 Å². The quantitative estimate of drug-likeness (QED) is 0.683. The van der Waals surface area contributed by atoms with Crippen molar-refractivity contribution in [2.24, 2.45) is 10.7 Å². The van der Waals surface area contributed by atoms with Gasteiger partial charge in [-0.1, -0.05) is 26.3 Å². The first-order valence-corrected chi connectivity index (χ1v) is 5.14. The molecule has 1 atom stereocenters. The lowest BCUT2D eigenvalue weighted by Gasteiger charge is -2.01. The second-order valence-electron chi connectivity index (χ2n) is 3.03. The van der Waals surface area contributed by atoms with Crippen LogP contribution >= 0.6 is 0 Å². The summed E-state index contributed by atoms with van der Waals surface area (Å²) in [6, 6.07) is 0. The molecule has 1 unspecified atom stereocenters. The molecule has 0 aromatic heterocycles. The SMILES string of the molecule is C/C=C(/N)C=NC.CCCC(O)CC. The second-order valence-corrected chi connectivity index (χ2v) is 3.03. The Bertz CT molecular complexity index is 165. The third kappa shape index (κ3) is 13.7. The van der Waals surface area contributed by atoms with Crippen LogP contribution in [0, 0.1) is 0 Å². The molecule has 0 aliphatic carbocycles. The summed E-state index contributed by atoms with van der Waals surface area (Å²) in [4.78, 5) is 3.69. The van der Waals surface area contributed by atoms with Crippen LogP contribution in [0.2, 0.25) is 0 Å². The van der Waals surface area contributed by atoms with Crippen molar-refractivity contribution in [2.45, 2.75) is 46.1 Å². The number of nitrogens with zero attached hydrogens (tertiary/aromatic N) is 1. The van der Waals surface area contributed by atoms with Gasteiger partial charge in [-0.2, -0.15) is 0 Å². The molecule has 84 valence electrons. The molecule has 0 heterocycles. The molecule has 0 aliphatic heterocycles. The molecule has 0 spiro atoms. The van der Waals surface area contributed by atoms with Crippen molar-refractivity contribution in [3.05, 3.63) is 11.8 Å². The summed E-state index contributed by atoms with van der Waals surface area (Å²) in [5.41, 5.74) is 6.01. The highest BCUT2D eigenvalue weighted by molar-refractivity contribution is 5.76. The number of hydrogen-bond acceptors (Lipinski definition) is 3. The average molecular weight is 200 g/mol. The number of hydrogen-bond donors (Lipinski definition) is 2. The van der Waals surface area contributed by atoms with Crippen LogP contribution in [0.15, 0.2) is 16.8 Å². The molecule has 0 aromatic rings. The maximum absolute atomic E-state index is 8.86. The molecule has 0 aromatic carbocycles. The first-order valence-electron chi connectivity index (χ1n) is 5.14. The minimum absolute atomic E-state index is 0.0509. The van der Waals surface area contributed by atoms with Crippen molar-refractivity contribution in [2.75, 3.05) is 7.05 Å². The first kappa shape index (κ1) is 15.6. The number of aliphatic imine (C=N–C) groups is 1. The third-order valence-corrected chi connectivity index (χ3v) is 1.70. The largest absolute Gasteiger partial charge is 0.398 e. The summed E-state index contributed by atoms with van der Waals surface area (Å²) in [7, 11) is 1.69. The maximum Gasteiger partial charge on any atom is 0.0537 e. The molecule has 0 fully saturated rings.